The lowest BCUT2D eigenvalue weighted by Gasteiger charge is -2.31. The highest BCUT2D eigenvalue weighted by Gasteiger charge is 2.26. The Morgan fingerprint density at radius 2 is 1.67 bits per heavy atom. The molecular formula is C23H26N2O5. The summed E-state index contributed by atoms with van der Waals surface area (Å²) in [5.74, 6) is 2.01. The van der Waals surface area contributed by atoms with Crippen LogP contribution in [0.4, 0.5) is 5.69 Å². The van der Waals surface area contributed by atoms with E-state index in [0.717, 1.165) is 23.2 Å². The molecule has 2 amide bonds. The predicted molar refractivity (Wildman–Crippen MR) is 112 cm³/mol. The zero-order valence-electron chi connectivity index (χ0n) is 17.3. The molecule has 0 spiro atoms. The van der Waals surface area contributed by atoms with Crippen LogP contribution in [0.5, 0.6) is 17.2 Å². The van der Waals surface area contributed by atoms with Gasteiger partial charge >= 0.3 is 0 Å². The third kappa shape index (κ3) is 3.92. The zero-order valence-corrected chi connectivity index (χ0v) is 17.3. The smallest absolute Gasteiger partial charge is 0.227 e. The molecule has 7 nitrogen and oxygen atoms in total. The number of methoxy groups -OCH3 is 2. The molecule has 4 rings (SSSR count). The van der Waals surface area contributed by atoms with Gasteiger partial charge in [-0.1, -0.05) is 12.1 Å². The second-order valence-corrected chi connectivity index (χ2v) is 7.40. The van der Waals surface area contributed by atoms with Gasteiger partial charge < -0.3 is 24.0 Å². The highest BCUT2D eigenvalue weighted by atomic mass is 16.5. The number of para-hydroxylation sites is 2. The molecule has 0 radical (unpaired) electrons. The molecule has 0 saturated carbocycles. The number of hydrogen-bond acceptors (Lipinski definition) is 5. The molecule has 0 bridgehead atoms. The molecule has 0 fully saturated rings. The number of amides is 2. The molecule has 2 aromatic carbocycles. The number of nitrogens with zero attached hydrogens (tertiary/aromatic N) is 2. The summed E-state index contributed by atoms with van der Waals surface area (Å²) in [5, 5.41) is 0. The molecule has 0 atom stereocenters. The van der Waals surface area contributed by atoms with Crippen LogP contribution in [0.25, 0.3) is 0 Å². The quantitative estimate of drug-likeness (QED) is 0.758. The summed E-state index contributed by atoms with van der Waals surface area (Å²) < 4.78 is 16.4. The van der Waals surface area contributed by atoms with E-state index in [1.165, 1.54) is 0 Å². The molecule has 0 aromatic heterocycles. The molecule has 0 unspecified atom stereocenters. The fraction of sp³-hybridized carbons (Fsp3) is 0.391. The van der Waals surface area contributed by atoms with Crippen molar-refractivity contribution in [3.05, 3.63) is 47.5 Å². The van der Waals surface area contributed by atoms with Crippen LogP contribution in [0.15, 0.2) is 36.4 Å². The van der Waals surface area contributed by atoms with E-state index in [4.69, 9.17) is 14.2 Å². The van der Waals surface area contributed by atoms with Crippen LogP contribution in [-0.4, -0.2) is 50.6 Å². The third-order valence-corrected chi connectivity index (χ3v) is 5.65. The predicted octanol–water partition coefficient (Wildman–Crippen LogP) is 2.79. The SMILES string of the molecule is COc1cc2c(cc1OC)CN(C(=O)CCC(=O)N1CCOc3ccccc31)CC2. The number of carbonyl (C=O) groups is 2. The summed E-state index contributed by atoms with van der Waals surface area (Å²) in [5.41, 5.74) is 2.99. The van der Waals surface area contributed by atoms with Gasteiger partial charge in [-0.3, -0.25) is 9.59 Å². The maximum Gasteiger partial charge on any atom is 0.227 e. The first kappa shape index (κ1) is 20.1. The van der Waals surface area contributed by atoms with Crippen LogP contribution in [0.3, 0.4) is 0 Å². The molecule has 0 aliphatic carbocycles. The molecule has 2 aliphatic rings. The van der Waals surface area contributed by atoms with Crippen molar-refractivity contribution in [3.63, 3.8) is 0 Å². The minimum absolute atomic E-state index is 0.00895. The minimum Gasteiger partial charge on any atom is -0.493 e. The topological polar surface area (TPSA) is 68.3 Å². The van der Waals surface area contributed by atoms with Crippen LogP contribution >= 0.6 is 0 Å². The van der Waals surface area contributed by atoms with Gasteiger partial charge in [-0.25, -0.2) is 0 Å². The fourth-order valence-corrected chi connectivity index (χ4v) is 4.03. The number of hydrogen-bond donors (Lipinski definition) is 0. The Balaban J connectivity index is 1.38. The first-order valence-corrected chi connectivity index (χ1v) is 10.1. The van der Waals surface area contributed by atoms with Gasteiger partial charge in [0, 0.05) is 25.9 Å². The van der Waals surface area contributed by atoms with Crippen molar-refractivity contribution in [2.24, 2.45) is 0 Å². The van der Waals surface area contributed by atoms with Crippen molar-refractivity contribution in [1.82, 2.24) is 4.90 Å². The molecule has 7 heteroatoms. The molecule has 2 aliphatic heterocycles. The van der Waals surface area contributed by atoms with E-state index in [1.807, 2.05) is 41.3 Å². The number of ether oxygens (including phenoxy) is 3. The van der Waals surface area contributed by atoms with Gasteiger partial charge in [0.2, 0.25) is 11.8 Å². The van der Waals surface area contributed by atoms with Crippen molar-refractivity contribution < 1.29 is 23.8 Å². The summed E-state index contributed by atoms with van der Waals surface area (Å²) in [7, 11) is 3.22. The molecular weight excluding hydrogens is 384 g/mol. The van der Waals surface area contributed by atoms with Crippen molar-refractivity contribution in [2.45, 2.75) is 25.8 Å². The van der Waals surface area contributed by atoms with E-state index in [2.05, 4.69) is 0 Å². The number of rotatable bonds is 5. The molecule has 2 heterocycles. The lowest BCUT2D eigenvalue weighted by molar-refractivity contribution is -0.134. The number of carbonyl (C=O) groups excluding carboxylic acids is 2. The van der Waals surface area contributed by atoms with Crippen molar-refractivity contribution in [2.75, 3.05) is 38.8 Å². The average molecular weight is 410 g/mol. The maximum atomic E-state index is 12.8. The fourth-order valence-electron chi connectivity index (χ4n) is 4.03. The maximum absolute atomic E-state index is 12.8. The summed E-state index contributed by atoms with van der Waals surface area (Å²) in [4.78, 5) is 29.1. The van der Waals surface area contributed by atoms with E-state index in [0.29, 0.717) is 43.5 Å². The Morgan fingerprint density at radius 1 is 0.967 bits per heavy atom. The van der Waals surface area contributed by atoms with Crippen LogP contribution in [0, 0.1) is 0 Å². The molecule has 158 valence electrons. The second-order valence-electron chi connectivity index (χ2n) is 7.40. The first-order valence-electron chi connectivity index (χ1n) is 10.1. The van der Waals surface area contributed by atoms with Gasteiger partial charge in [0.1, 0.15) is 12.4 Å². The van der Waals surface area contributed by atoms with E-state index >= 15 is 0 Å². The largest absolute Gasteiger partial charge is 0.493 e. The van der Waals surface area contributed by atoms with Crippen molar-refractivity contribution >= 4 is 17.5 Å². The summed E-state index contributed by atoms with van der Waals surface area (Å²) >= 11 is 0. The lowest BCUT2D eigenvalue weighted by Crippen LogP contribution is -2.39. The van der Waals surface area contributed by atoms with Gasteiger partial charge in [-0.15, -0.1) is 0 Å². The highest BCUT2D eigenvalue weighted by Crippen LogP contribution is 2.34. The molecule has 30 heavy (non-hydrogen) atoms. The second kappa shape index (κ2) is 8.65. The van der Waals surface area contributed by atoms with Crippen molar-refractivity contribution in [3.8, 4) is 17.2 Å². The third-order valence-electron chi connectivity index (χ3n) is 5.65. The van der Waals surface area contributed by atoms with E-state index in [9.17, 15) is 9.59 Å². The van der Waals surface area contributed by atoms with E-state index < -0.39 is 0 Å². The Bertz CT molecular complexity index is 959. The van der Waals surface area contributed by atoms with Gasteiger partial charge in [0.15, 0.2) is 11.5 Å². The number of benzene rings is 2. The number of anilines is 1. The standard InChI is InChI=1S/C23H26N2O5/c1-28-20-13-16-9-10-24(15-17(16)14-21(20)29-2)22(26)7-8-23(27)25-11-12-30-19-6-4-3-5-18(19)25/h3-6,13-14H,7-12,15H2,1-2H3. The Labute approximate surface area is 176 Å². The number of fused-ring (bicyclic) bond motifs is 2. The normalized spacial score (nSPS) is 15.0. The van der Waals surface area contributed by atoms with Gasteiger partial charge in [0.05, 0.1) is 26.5 Å². The molecule has 0 saturated heterocycles. The monoisotopic (exact) mass is 410 g/mol. The van der Waals surface area contributed by atoms with Gasteiger partial charge in [-0.05, 0) is 41.8 Å². The summed E-state index contributed by atoms with van der Waals surface area (Å²) in [6.45, 7) is 2.12. The Hall–Kier alpha value is -3.22. The average Bonchev–Trinajstić information content (AvgIpc) is 2.80. The zero-order chi connectivity index (χ0) is 21.1. The van der Waals surface area contributed by atoms with E-state index in [1.54, 1.807) is 19.1 Å². The van der Waals surface area contributed by atoms with Crippen molar-refractivity contribution in [1.29, 1.82) is 0 Å². The first-order chi connectivity index (χ1) is 14.6. The van der Waals surface area contributed by atoms with Crippen LogP contribution in [-0.2, 0) is 22.6 Å². The van der Waals surface area contributed by atoms with Crippen LogP contribution in [0.2, 0.25) is 0 Å². The van der Waals surface area contributed by atoms with Gasteiger partial charge in [0.25, 0.3) is 0 Å². The highest BCUT2D eigenvalue weighted by molar-refractivity contribution is 5.97. The molecule has 2 aromatic rings. The Kier molecular flexibility index (Phi) is 5.79. The van der Waals surface area contributed by atoms with Gasteiger partial charge in [-0.2, -0.15) is 0 Å². The van der Waals surface area contributed by atoms with E-state index in [-0.39, 0.29) is 24.7 Å². The Morgan fingerprint density at radius 3 is 2.43 bits per heavy atom. The minimum atomic E-state index is -0.0529. The summed E-state index contributed by atoms with van der Waals surface area (Å²) in [6, 6.07) is 11.4. The lowest BCUT2D eigenvalue weighted by atomic mass is 9.98. The summed E-state index contributed by atoms with van der Waals surface area (Å²) in [6.07, 6.45) is 1.13. The molecule has 0 N–H and O–H groups in total. The van der Waals surface area contributed by atoms with Crippen LogP contribution < -0.4 is 19.1 Å². The van der Waals surface area contributed by atoms with Crippen LogP contribution in [0.1, 0.15) is 24.0 Å².